The Morgan fingerprint density at radius 3 is 2.45 bits per heavy atom. The standard InChI is InChI=1S/C28H43F/c1-3-11-24-14-15-25(22-27(24)29)26(21-23-12-7-5-8-13-23)16-20-28(17-4-2)18-9-6-10-19-28/h12,14-15,22,26H,3-11,13,16-21H2,1-2H3. The van der Waals surface area contributed by atoms with Crippen molar-refractivity contribution in [2.45, 2.75) is 122 Å². The van der Waals surface area contributed by atoms with Crippen LogP contribution in [-0.4, -0.2) is 0 Å². The Morgan fingerprint density at radius 1 is 0.966 bits per heavy atom. The second-order valence-corrected chi connectivity index (χ2v) is 9.96. The van der Waals surface area contributed by atoms with E-state index in [2.05, 4.69) is 32.1 Å². The molecule has 29 heavy (non-hydrogen) atoms. The van der Waals surface area contributed by atoms with Crippen LogP contribution in [0.2, 0.25) is 0 Å². The smallest absolute Gasteiger partial charge is 0.126 e. The van der Waals surface area contributed by atoms with Crippen molar-refractivity contribution < 1.29 is 4.39 Å². The first-order chi connectivity index (χ1) is 14.2. The fourth-order valence-electron chi connectivity index (χ4n) is 6.02. The van der Waals surface area contributed by atoms with E-state index in [4.69, 9.17) is 0 Å². The molecule has 162 valence electrons. The summed E-state index contributed by atoms with van der Waals surface area (Å²) >= 11 is 0. The van der Waals surface area contributed by atoms with Gasteiger partial charge in [-0.25, -0.2) is 4.39 Å². The molecule has 0 aliphatic heterocycles. The zero-order valence-corrected chi connectivity index (χ0v) is 19.1. The van der Waals surface area contributed by atoms with Crippen LogP contribution in [0, 0.1) is 11.2 Å². The molecule has 0 amide bonds. The third-order valence-electron chi connectivity index (χ3n) is 7.68. The van der Waals surface area contributed by atoms with Crippen molar-refractivity contribution in [2.24, 2.45) is 5.41 Å². The first-order valence-corrected chi connectivity index (χ1v) is 12.6. The van der Waals surface area contributed by atoms with Crippen LogP contribution in [0.5, 0.6) is 0 Å². The summed E-state index contributed by atoms with van der Waals surface area (Å²) in [5.74, 6) is 0.507. The average molecular weight is 399 g/mol. The van der Waals surface area contributed by atoms with Crippen molar-refractivity contribution in [1.29, 1.82) is 0 Å². The molecule has 0 N–H and O–H groups in total. The van der Waals surface area contributed by atoms with E-state index in [1.54, 1.807) is 5.57 Å². The van der Waals surface area contributed by atoms with Crippen LogP contribution in [0.15, 0.2) is 29.8 Å². The van der Waals surface area contributed by atoms with Crippen molar-refractivity contribution in [3.05, 3.63) is 46.8 Å². The molecule has 1 saturated carbocycles. The van der Waals surface area contributed by atoms with Gasteiger partial charge in [0, 0.05) is 0 Å². The summed E-state index contributed by atoms with van der Waals surface area (Å²) in [7, 11) is 0. The molecular formula is C28H43F. The summed E-state index contributed by atoms with van der Waals surface area (Å²) in [4.78, 5) is 0. The minimum Gasteiger partial charge on any atom is -0.207 e. The molecule has 2 aliphatic carbocycles. The molecular weight excluding hydrogens is 355 g/mol. The molecule has 0 heterocycles. The summed E-state index contributed by atoms with van der Waals surface area (Å²) < 4.78 is 14.8. The Morgan fingerprint density at radius 2 is 1.79 bits per heavy atom. The highest BCUT2D eigenvalue weighted by Gasteiger charge is 2.32. The number of hydrogen-bond donors (Lipinski definition) is 0. The van der Waals surface area contributed by atoms with Gasteiger partial charge in [0.15, 0.2) is 0 Å². The number of allylic oxidation sites excluding steroid dienone is 2. The lowest BCUT2D eigenvalue weighted by Crippen LogP contribution is -2.25. The Kier molecular flexibility index (Phi) is 8.82. The number of halogens is 1. The normalized spacial score (nSPS) is 20.3. The SMILES string of the molecule is CCCc1ccc(C(CCC2(CCC)CCCCC2)CC2=CCCCC2)cc1F. The second kappa shape index (κ2) is 11.3. The Bertz CT molecular complexity index is 645. The molecule has 1 atom stereocenters. The lowest BCUT2D eigenvalue weighted by Gasteiger charge is -2.39. The predicted molar refractivity (Wildman–Crippen MR) is 124 cm³/mol. The van der Waals surface area contributed by atoms with Crippen molar-refractivity contribution in [1.82, 2.24) is 0 Å². The van der Waals surface area contributed by atoms with Crippen LogP contribution >= 0.6 is 0 Å². The van der Waals surface area contributed by atoms with Crippen LogP contribution in [0.4, 0.5) is 4.39 Å². The topological polar surface area (TPSA) is 0 Å². The van der Waals surface area contributed by atoms with Crippen LogP contribution in [0.3, 0.4) is 0 Å². The zero-order chi connectivity index (χ0) is 20.5. The number of rotatable bonds is 10. The molecule has 1 unspecified atom stereocenters. The number of hydrogen-bond acceptors (Lipinski definition) is 0. The maximum absolute atomic E-state index is 14.8. The van der Waals surface area contributed by atoms with E-state index in [-0.39, 0.29) is 5.82 Å². The van der Waals surface area contributed by atoms with E-state index in [0.717, 1.165) is 24.8 Å². The Balaban J connectivity index is 1.77. The molecule has 0 nitrogen and oxygen atoms in total. The van der Waals surface area contributed by atoms with Crippen molar-refractivity contribution in [2.75, 3.05) is 0 Å². The van der Waals surface area contributed by atoms with Crippen molar-refractivity contribution >= 4 is 0 Å². The molecule has 1 fully saturated rings. The largest absolute Gasteiger partial charge is 0.207 e. The van der Waals surface area contributed by atoms with E-state index in [1.807, 2.05) is 6.07 Å². The molecule has 0 saturated heterocycles. The Labute approximate surface area is 179 Å². The van der Waals surface area contributed by atoms with E-state index >= 15 is 0 Å². The van der Waals surface area contributed by atoms with Gasteiger partial charge in [-0.05, 0) is 99.2 Å². The first kappa shape index (κ1) is 22.6. The van der Waals surface area contributed by atoms with Gasteiger partial charge in [-0.15, -0.1) is 0 Å². The quantitative estimate of drug-likeness (QED) is 0.344. The maximum atomic E-state index is 14.8. The molecule has 3 rings (SSSR count). The van der Waals surface area contributed by atoms with E-state index < -0.39 is 0 Å². The zero-order valence-electron chi connectivity index (χ0n) is 19.1. The third-order valence-corrected chi connectivity index (χ3v) is 7.68. The summed E-state index contributed by atoms with van der Waals surface area (Å²) in [6.07, 6.45) is 23.0. The molecule has 0 radical (unpaired) electrons. The molecule has 1 heteroatoms. The van der Waals surface area contributed by atoms with Crippen LogP contribution in [0.1, 0.15) is 127 Å². The summed E-state index contributed by atoms with van der Waals surface area (Å²) in [5.41, 5.74) is 4.33. The molecule has 1 aromatic carbocycles. The van der Waals surface area contributed by atoms with Gasteiger partial charge in [0.05, 0.1) is 0 Å². The van der Waals surface area contributed by atoms with Gasteiger partial charge in [0.1, 0.15) is 5.82 Å². The van der Waals surface area contributed by atoms with E-state index in [0.29, 0.717) is 11.3 Å². The van der Waals surface area contributed by atoms with E-state index in [1.165, 1.54) is 89.0 Å². The predicted octanol–water partition coefficient (Wildman–Crippen LogP) is 9.28. The molecule has 0 spiro atoms. The van der Waals surface area contributed by atoms with Gasteiger partial charge in [-0.2, -0.15) is 0 Å². The van der Waals surface area contributed by atoms with Gasteiger partial charge >= 0.3 is 0 Å². The van der Waals surface area contributed by atoms with Crippen molar-refractivity contribution in [3.63, 3.8) is 0 Å². The molecule has 2 aliphatic rings. The lowest BCUT2D eigenvalue weighted by molar-refractivity contribution is 0.147. The first-order valence-electron chi connectivity index (χ1n) is 12.6. The number of aryl methyl sites for hydroxylation is 1. The lowest BCUT2D eigenvalue weighted by atomic mass is 9.67. The molecule has 1 aromatic rings. The van der Waals surface area contributed by atoms with Gasteiger partial charge in [0.25, 0.3) is 0 Å². The van der Waals surface area contributed by atoms with E-state index in [9.17, 15) is 4.39 Å². The highest BCUT2D eigenvalue weighted by molar-refractivity contribution is 5.28. The minimum atomic E-state index is 0.0212. The van der Waals surface area contributed by atoms with Gasteiger partial charge in [-0.1, -0.05) is 69.7 Å². The fourth-order valence-corrected chi connectivity index (χ4v) is 6.02. The van der Waals surface area contributed by atoms with Crippen LogP contribution in [-0.2, 0) is 6.42 Å². The summed E-state index contributed by atoms with van der Waals surface area (Å²) in [6, 6.07) is 6.20. The Hall–Kier alpha value is -1.11. The maximum Gasteiger partial charge on any atom is 0.126 e. The molecule has 0 bridgehead atoms. The van der Waals surface area contributed by atoms with Gasteiger partial charge in [-0.3, -0.25) is 0 Å². The highest BCUT2D eigenvalue weighted by Crippen LogP contribution is 2.46. The van der Waals surface area contributed by atoms with Crippen LogP contribution < -0.4 is 0 Å². The third kappa shape index (κ3) is 6.43. The summed E-state index contributed by atoms with van der Waals surface area (Å²) in [5, 5.41) is 0. The average Bonchev–Trinajstić information content (AvgIpc) is 2.74. The van der Waals surface area contributed by atoms with Gasteiger partial charge in [0.2, 0.25) is 0 Å². The van der Waals surface area contributed by atoms with Crippen molar-refractivity contribution in [3.8, 4) is 0 Å². The van der Waals surface area contributed by atoms with Crippen LogP contribution in [0.25, 0.3) is 0 Å². The fraction of sp³-hybridized carbons (Fsp3) is 0.714. The molecule has 0 aromatic heterocycles. The monoisotopic (exact) mass is 398 g/mol. The summed E-state index contributed by atoms with van der Waals surface area (Å²) in [6.45, 7) is 4.48. The number of benzene rings is 1. The minimum absolute atomic E-state index is 0.0212. The highest BCUT2D eigenvalue weighted by atomic mass is 19.1. The second-order valence-electron chi connectivity index (χ2n) is 9.96. The van der Waals surface area contributed by atoms with Gasteiger partial charge < -0.3 is 0 Å².